The van der Waals surface area contributed by atoms with Gasteiger partial charge in [0.15, 0.2) is 5.78 Å². The molecule has 3 aromatic rings. The molecule has 0 saturated carbocycles. The number of ether oxygens (including phenoxy) is 1. The Morgan fingerprint density at radius 2 is 1.78 bits per heavy atom. The van der Waals surface area contributed by atoms with Gasteiger partial charge in [0.05, 0.1) is 15.7 Å². The number of rotatable bonds is 8. The lowest BCUT2D eigenvalue weighted by atomic mass is 10.1. The van der Waals surface area contributed by atoms with Crippen LogP contribution in [-0.4, -0.2) is 21.4 Å². The van der Waals surface area contributed by atoms with Gasteiger partial charge in [-0.2, -0.15) is 0 Å². The summed E-state index contributed by atoms with van der Waals surface area (Å²) in [6, 6.07) is 18.7. The Balaban J connectivity index is 1.52. The Morgan fingerprint density at radius 1 is 1.04 bits per heavy atom. The smallest absolute Gasteiger partial charge is 0.269 e. The summed E-state index contributed by atoms with van der Waals surface area (Å²) in [6.45, 7) is 0.292. The molecule has 6 nitrogen and oxygen atoms in total. The Hall–Kier alpha value is -3.19. The van der Waals surface area contributed by atoms with Crippen LogP contribution < -0.4 is 4.74 Å². The van der Waals surface area contributed by atoms with Gasteiger partial charge in [-0.3, -0.25) is 14.9 Å². The molecule has 0 atom stereocenters. The molecular formula is C20H16N2O4S. The number of carbonyl (C=O) groups excluding carboxylic acids is 1. The highest BCUT2D eigenvalue weighted by atomic mass is 32.2. The predicted molar refractivity (Wildman–Crippen MR) is 103 cm³/mol. The van der Waals surface area contributed by atoms with Gasteiger partial charge < -0.3 is 4.74 Å². The summed E-state index contributed by atoms with van der Waals surface area (Å²) in [5, 5.41) is 11.5. The number of thioether (sulfide) groups is 1. The number of hydrogen-bond acceptors (Lipinski definition) is 6. The van der Waals surface area contributed by atoms with Gasteiger partial charge >= 0.3 is 0 Å². The highest BCUT2D eigenvalue weighted by Gasteiger charge is 2.08. The summed E-state index contributed by atoms with van der Waals surface area (Å²) in [7, 11) is 0. The summed E-state index contributed by atoms with van der Waals surface area (Å²) in [4.78, 5) is 26.6. The first-order valence-corrected chi connectivity index (χ1v) is 9.13. The molecule has 136 valence electrons. The maximum atomic E-state index is 12.3. The van der Waals surface area contributed by atoms with Gasteiger partial charge in [-0.1, -0.05) is 17.8 Å². The number of nitro benzene ring substituents is 1. The molecule has 0 saturated heterocycles. The summed E-state index contributed by atoms with van der Waals surface area (Å²) >= 11 is 1.40. The largest absolute Gasteiger partial charge is 0.489 e. The molecule has 3 rings (SSSR count). The summed E-state index contributed by atoms with van der Waals surface area (Å²) in [5.41, 5.74) is 1.49. The molecule has 0 unspecified atom stereocenters. The van der Waals surface area contributed by atoms with Crippen molar-refractivity contribution in [3.05, 3.63) is 94.2 Å². The molecule has 0 amide bonds. The fourth-order valence-corrected chi connectivity index (χ4v) is 3.03. The third-order valence-electron chi connectivity index (χ3n) is 3.72. The van der Waals surface area contributed by atoms with Gasteiger partial charge in [0.2, 0.25) is 0 Å². The Kier molecular flexibility index (Phi) is 6.17. The Morgan fingerprint density at radius 3 is 2.41 bits per heavy atom. The van der Waals surface area contributed by atoms with Crippen molar-refractivity contribution >= 4 is 23.2 Å². The van der Waals surface area contributed by atoms with E-state index in [1.165, 1.54) is 23.9 Å². The van der Waals surface area contributed by atoms with Gasteiger partial charge in [-0.05, 0) is 54.1 Å². The second-order valence-electron chi connectivity index (χ2n) is 5.62. The molecule has 7 heteroatoms. The molecule has 2 aromatic carbocycles. The van der Waals surface area contributed by atoms with Crippen molar-refractivity contribution in [2.24, 2.45) is 0 Å². The minimum absolute atomic E-state index is 0.0209. The first-order chi connectivity index (χ1) is 13.1. The normalized spacial score (nSPS) is 10.4. The van der Waals surface area contributed by atoms with Crippen LogP contribution in [0, 0.1) is 10.1 Å². The molecule has 27 heavy (non-hydrogen) atoms. The quantitative estimate of drug-likeness (QED) is 0.247. The number of Topliss-reactive ketones (excluding diaryl/α,β-unsaturated/α-hetero) is 1. The number of aromatic nitrogens is 1. The van der Waals surface area contributed by atoms with Crippen molar-refractivity contribution in [3.8, 4) is 5.75 Å². The van der Waals surface area contributed by atoms with E-state index in [-0.39, 0.29) is 11.5 Å². The molecule has 1 heterocycles. The third kappa shape index (κ3) is 5.39. The Labute approximate surface area is 160 Å². The number of pyridine rings is 1. The molecule has 1 aromatic heterocycles. The van der Waals surface area contributed by atoms with E-state index in [1.807, 2.05) is 18.2 Å². The van der Waals surface area contributed by atoms with Crippen molar-refractivity contribution in [2.45, 2.75) is 11.6 Å². The van der Waals surface area contributed by atoms with Gasteiger partial charge in [0.25, 0.3) is 5.69 Å². The SMILES string of the molecule is O=C(CSc1ccccn1)c1ccc(OCc2ccc([N+](=O)[O-])cc2)cc1. The fraction of sp³-hybridized carbons (Fsp3) is 0.100. The van der Waals surface area contributed by atoms with Crippen LogP contribution in [0.2, 0.25) is 0 Å². The van der Waals surface area contributed by atoms with E-state index >= 15 is 0 Å². The van der Waals surface area contributed by atoms with Crippen molar-refractivity contribution < 1.29 is 14.5 Å². The van der Waals surface area contributed by atoms with E-state index in [9.17, 15) is 14.9 Å². The average molecular weight is 380 g/mol. The van der Waals surface area contributed by atoms with Crippen LogP contribution in [0.4, 0.5) is 5.69 Å². The first-order valence-electron chi connectivity index (χ1n) is 8.15. The van der Waals surface area contributed by atoms with E-state index in [0.29, 0.717) is 23.7 Å². The van der Waals surface area contributed by atoms with Gasteiger partial charge in [-0.15, -0.1) is 0 Å². The number of hydrogen-bond donors (Lipinski definition) is 0. The second-order valence-corrected chi connectivity index (χ2v) is 6.61. The van der Waals surface area contributed by atoms with Crippen LogP contribution in [0.1, 0.15) is 15.9 Å². The zero-order chi connectivity index (χ0) is 19.1. The molecule has 0 aliphatic heterocycles. The zero-order valence-corrected chi connectivity index (χ0v) is 15.1. The average Bonchev–Trinajstić information content (AvgIpc) is 2.72. The standard InChI is InChI=1S/C20H16N2O4S/c23-19(14-27-20-3-1-2-12-21-20)16-6-10-18(11-7-16)26-13-15-4-8-17(9-5-15)22(24)25/h1-12H,13-14H2. The molecule has 0 fully saturated rings. The summed E-state index contributed by atoms with van der Waals surface area (Å²) in [6.07, 6.45) is 1.70. The van der Waals surface area contributed by atoms with Crippen molar-refractivity contribution in [1.82, 2.24) is 4.98 Å². The van der Waals surface area contributed by atoms with E-state index in [4.69, 9.17) is 4.74 Å². The minimum atomic E-state index is -0.438. The van der Waals surface area contributed by atoms with Crippen LogP contribution in [0.3, 0.4) is 0 Å². The molecule has 0 radical (unpaired) electrons. The molecule has 0 bridgehead atoms. The highest BCUT2D eigenvalue weighted by Crippen LogP contribution is 2.19. The van der Waals surface area contributed by atoms with Gasteiger partial charge in [-0.25, -0.2) is 4.98 Å². The molecule has 0 N–H and O–H groups in total. The van der Waals surface area contributed by atoms with Crippen molar-refractivity contribution in [2.75, 3.05) is 5.75 Å². The van der Waals surface area contributed by atoms with E-state index in [2.05, 4.69) is 4.98 Å². The molecule has 0 aliphatic carbocycles. The van der Waals surface area contributed by atoms with Crippen LogP contribution >= 0.6 is 11.8 Å². The van der Waals surface area contributed by atoms with E-state index in [1.54, 1.807) is 42.6 Å². The maximum Gasteiger partial charge on any atom is 0.269 e. The fourth-order valence-electron chi connectivity index (χ4n) is 2.27. The monoisotopic (exact) mass is 380 g/mol. The molecular weight excluding hydrogens is 364 g/mol. The van der Waals surface area contributed by atoms with Crippen LogP contribution in [0.15, 0.2) is 78.0 Å². The van der Waals surface area contributed by atoms with E-state index < -0.39 is 4.92 Å². The van der Waals surface area contributed by atoms with Gasteiger partial charge in [0, 0.05) is 23.9 Å². The van der Waals surface area contributed by atoms with Crippen LogP contribution in [0.5, 0.6) is 5.75 Å². The van der Waals surface area contributed by atoms with E-state index in [0.717, 1.165) is 10.6 Å². The number of benzene rings is 2. The van der Waals surface area contributed by atoms with Crippen LogP contribution in [-0.2, 0) is 6.61 Å². The summed E-state index contributed by atoms with van der Waals surface area (Å²) in [5.74, 6) is 0.967. The minimum Gasteiger partial charge on any atom is -0.489 e. The number of nitro groups is 1. The lowest BCUT2D eigenvalue weighted by Crippen LogP contribution is -2.03. The third-order valence-corrected chi connectivity index (χ3v) is 4.66. The highest BCUT2D eigenvalue weighted by molar-refractivity contribution is 7.99. The topological polar surface area (TPSA) is 82.3 Å². The number of ketones is 1. The number of nitrogens with zero attached hydrogens (tertiary/aromatic N) is 2. The number of non-ortho nitro benzene ring substituents is 1. The first kappa shape index (κ1) is 18.6. The Bertz CT molecular complexity index is 913. The summed E-state index contributed by atoms with van der Waals surface area (Å²) < 4.78 is 5.66. The molecule has 0 aliphatic rings. The maximum absolute atomic E-state index is 12.3. The number of carbonyl (C=O) groups is 1. The van der Waals surface area contributed by atoms with Crippen molar-refractivity contribution in [3.63, 3.8) is 0 Å². The van der Waals surface area contributed by atoms with Gasteiger partial charge in [0.1, 0.15) is 12.4 Å². The molecule has 0 spiro atoms. The second kappa shape index (κ2) is 8.95. The zero-order valence-electron chi connectivity index (χ0n) is 14.3. The van der Waals surface area contributed by atoms with Crippen LogP contribution in [0.25, 0.3) is 0 Å². The van der Waals surface area contributed by atoms with Crippen molar-refractivity contribution in [1.29, 1.82) is 0 Å². The lowest BCUT2D eigenvalue weighted by Gasteiger charge is -2.07. The predicted octanol–water partition coefficient (Wildman–Crippen LogP) is 4.54. The lowest BCUT2D eigenvalue weighted by molar-refractivity contribution is -0.384.